The lowest BCUT2D eigenvalue weighted by Gasteiger charge is -2.46. The van der Waals surface area contributed by atoms with Crippen LogP contribution in [0.1, 0.15) is 30.3 Å². The quantitative estimate of drug-likeness (QED) is 0.923. The van der Waals surface area contributed by atoms with Gasteiger partial charge >= 0.3 is 0 Å². The molecule has 2 aromatic rings. The number of fused-ring (bicyclic) bond motifs is 1. The van der Waals surface area contributed by atoms with E-state index in [0.717, 1.165) is 23.7 Å². The highest BCUT2D eigenvalue weighted by Crippen LogP contribution is 2.28. The Balaban J connectivity index is 1.85. The standard InChI is InChI=1S/C15H19N3O2/c1-3-8-15(20)9-18(10-15)14(19)13-11-6-4-5-7-12(11)17(2)16-13/h4-7,20H,3,8-10H2,1-2H3. The monoisotopic (exact) mass is 273 g/mol. The molecule has 1 aliphatic heterocycles. The van der Waals surface area contributed by atoms with Crippen molar-refractivity contribution in [2.45, 2.75) is 25.4 Å². The molecule has 0 radical (unpaired) electrons. The molecule has 5 nitrogen and oxygen atoms in total. The summed E-state index contributed by atoms with van der Waals surface area (Å²) in [6, 6.07) is 7.70. The van der Waals surface area contributed by atoms with E-state index < -0.39 is 5.60 Å². The molecule has 20 heavy (non-hydrogen) atoms. The van der Waals surface area contributed by atoms with Gasteiger partial charge < -0.3 is 10.0 Å². The summed E-state index contributed by atoms with van der Waals surface area (Å²) >= 11 is 0. The van der Waals surface area contributed by atoms with Gasteiger partial charge in [-0.05, 0) is 12.5 Å². The van der Waals surface area contributed by atoms with Crippen LogP contribution in [0.2, 0.25) is 0 Å². The number of hydrogen-bond acceptors (Lipinski definition) is 3. The fraction of sp³-hybridized carbons (Fsp3) is 0.467. The number of aliphatic hydroxyl groups is 1. The van der Waals surface area contributed by atoms with E-state index in [-0.39, 0.29) is 5.91 Å². The number of hydrogen-bond donors (Lipinski definition) is 1. The number of amides is 1. The zero-order valence-corrected chi connectivity index (χ0v) is 11.8. The lowest BCUT2D eigenvalue weighted by Crippen LogP contribution is -2.63. The molecule has 1 aliphatic rings. The molecule has 3 rings (SSSR count). The molecule has 0 saturated carbocycles. The summed E-state index contributed by atoms with van der Waals surface area (Å²) in [5.74, 6) is -0.0948. The molecule has 0 unspecified atom stereocenters. The molecular weight excluding hydrogens is 254 g/mol. The number of likely N-dealkylation sites (tertiary alicyclic amines) is 1. The van der Waals surface area contributed by atoms with Crippen LogP contribution >= 0.6 is 0 Å². The summed E-state index contributed by atoms with van der Waals surface area (Å²) in [7, 11) is 1.84. The van der Waals surface area contributed by atoms with Crippen molar-refractivity contribution in [3.05, 3.63) is 30.0 Å². The second kappa shape index (κ2) is 4.59. The molecule has 2 heterocycles. The minimum Gasteiger partial charge on any atom is -0.386 e. The molecule has 1 amide bonds. The number of benzene rings is 1. The molecule has 0 aliphatic carbocycles. The fourth-order valence-electron chi connectivity index (χ4n) is 2.95. The third-order valence-corrected chi connectivity index (χ3v) is 3.93. The van der Waals surface area contributed by atoms with Crippen LogP contribution in [0.3, 0.4) is 0 Å². The second-order valence-corrected chi connectivity index (χ2v) is 5.62. The highest BCUT2D eigenvalue weighted by molar-refractivity contribution is 6.05. The van der Waals surface area contributed by atoms with Crippen molar-refractivity contribution < 1.29 is 9.90 Å². The van der Waals surface area contributed by atoms with Gasteiger partial charge in [0.05, 0.1) is 24.2 Å². The largest absolute Gasteiger partial charge is 0.386 e. The van der Waals surface area contributed by atoms with Crippen LogP contribution < -0.4 is 0 Å². The number of aromatic nitrogens is 2. The van der Waals surface area contributed by atoms with Gasteiger partial charge in [-0.1, -0.05) is 31.5 Å². The molecule has 1 aromatic heterocycles. The third-order valence-electron chi connectivity index (χ3n) is 3.93. The van der Waals surface area contributed by atoms with Crippen LogP contribution in [-0.2, 0) is 7.05 Å². The van der Waals surface area contributed by atoms with Crippen LogP contribution in [0.4, 0.5) is 0 Å². The first-order valence-electron chi connectivity index (χ1n) is 6.97. The molecule has 1 aromatic carbocycles. The molecule has 5 heteroatoms. The minimum atomic E-state index is -0.699. The molecule has 1 fully saturated rings. The Morgan fingerprint density at radius 3 is 2.80 bits per heavy atom. The highest BCUT2D eigenvalue weighted by atomic mass is 16.3. The van der Waals surface area contributed by atoms with E-state index in [0.29, 0.717) is 18.8 Å². The van der Waals surface area contributed by atoms with Crippen molar-refractivity contribution in [3.63, 3.8) is 0 Å². The summed E-state index contributed by atoms with van der Waals surface area (Å²) in [6.45, 7) is 2.85. The number of carbonyl (C=O) groups is 1. The fourth-order valence-corrected chi connectivity index (χ4v) is 2.95. The van der Waals surface area contributed by atoms with Gasteiger partial charge in [0, 0.05) is 12.4 Å². The van der Waals surface area contributed by atoms with E-state index in [9.17, 15) is 9.90 Å². The normalized spacial score (nSPS) is 17.2. The first kappa shape index (κ1) is 13.1. The van der Waals surface area contributed by atoms with E-state index in [1.165, 1.54) is 0 Å². The van der Waals surface area contributed by atoms with Crippen molar-refractivity contribution in [2.24, 2.45) is 7.05 Å². The Labute approximate surface area is 117 Å². The van der Waals surface area contributed by atoms with Crippen LogP contribution in [0, 0.1) is 0 Å². The first-order chi connectivity index (χ1) is 9.54. The van der Waals surface area contributed by atoms with Crippen molar-refractivity contribution >= 4 is 16.8 Å². The van der Waals surface area contributed by atoms with E-state index in [4.69, 9.17) is 0 Å². The Bertz CT molecular complexity index is 656. The maximum Gasteiger partial charge on any atom is 0.275 e. The maximum atomic E-state index is 12.5. The van der Waals surface area contributed by atoms with Crippen molar-refractivity contribution in [1.29, 1.82) is 0 Å². The first-order valence-corrected chi connectivity index (χ1v) is 6.97. The van der Waals surface area contributed by atoms with Crippen molar-refractivity contribution in [2.75, 3.05) is 13.1 Å². The second-order valence-electron chi connectivity index (χ2n) is 5.62. The van der Waals surface area contributed by atoms with Gasteiger partial charge in [-0.2, -0.15) is 5.10 Å². The number of para-hydroxylation sites is 1. The smallest absolute Gasteiger partial charge is 0.275 e. The molecule has 1 N–H and O–H groups in total. The van der Waals surface area contributed by atoms with Gasteiger partial charge in [0.25, 0.3) is 5.91 Å². The van der Waals surface area contributed by atoms with Crippen LogP contribution in [0.5, 0.6) is 0 Å². The average Bonchev–Trinajstić information content (AvgIpc) is 2.73. The van der Waals surface area contributed by atoms with Gasteiger partial charge in [0.1, 0.15) is 0 Å². The number of rotatable bonds is 3. The third kappa shape index (κ3) is 1.98. The summed E-state index contributed by atoms with van der Waals surface area (Å²) in [4.78, 5) is 14.2. The van der Waals surface area contributed by atoms with Crippen molar-refractivity contribution in [3.8, 4) is 0 Å². The number of aryl methyl sites for hydroxylation is 1. The molecule has 106 valence electrons. The average molecular weight is 273 g/mol. The number of carbonyl (C=O) groups excluding carboxylic acids is 1. The number of β-amino-alcohol motifs (C(OH)–C–C–N with tert-alkyl or cyclic N) is 1. The Morgan fingerprint density at radius 2 is 2.10 bits per heavy atom. The molecule has 0 bridgehead atoms. The Hall–Kier alpha value is -1.88. The van der Waals surface area contributed by atoms with Crippen LogP contribution in [0.15, 0.2) is 24.3 Å². The minimum absolute atomic E-state index is 0.0948. The Morgan fingerprint density at radius 1 is 1.40 bits per heavy atom. The zero-order chi connectivity index (χ0) is 14.3. The lowest BCUT2D eigenvalue weighted by molar-refractivity contribution is -0.0861. The van der Waals surface area contributed by atoms with E-state index >= 15 is 0 Å². The summed E-state index contributed by atoms with van der Waals surface area (Å²) in [6.07, 6.45) is 1.66. The lowest BCUT2D eigenvalue weighted by atomic mass is 9.89. The predicted molar refractivity (Wildman–Crippen MR) is 76.5 cm³/mol. The van der Waals surface area contributed by atoms with Gasteiger partial charge in [0.2, 0.25) is 0 Å². The number of nitrogens with zero attached hydrogens (tertiary/aromatic N) is 3. The van der Waals surface area contributed by atoms with Crippen LogP contribution in [0.25, 0.3) is 10.9 Å². The summed E-state index contributed by atoms with van der Waals surface area (Å²) in [5, 5.41) is 15.4. The van der Waals surface area contributed by atoms with E-state index in [1.54, 1.807) is 9.58 Å². The van der Waals surface area contributed by atoms with E-state index in [1.807, 2.05) is 38.2 Å². The van der Waals surface area contributed by atoms with Gasteiger partial charge in [-0.15, -0.1) is 0 Å². The highest BCUT2D eigenvalue weighted by Gasteiger charge is 2.43. The van der Waals surface area contributed by atoms with Gasteiger partial charge in [-0.3, -0.25) is 9.48 Å². The SMILES string of the molecule is CCCC1(O)CN(C(=O)c2nn(C)c3ccccc23)C1. The topological polar surface area (TPSA) is 58.4 Å². The molecule has 1 saturated heterocycles. The van der Waals surface area contributed by atoms with Gasteiger partial charge in [-0.25, -0.2) is 0 Å². The molecule has 0 spiro atoms. The summed E-state index contributed by atoms with van der Waals surface area (Å²) < 4.78 is 1.72. The Kier molecular flexibility index (Phi) is 3.01. The van der Waals surface area contributed by atoms with Gasteiger partial charge in [0.15, 0.2) is 5.69 Å². The molecular formula is C15H19N3O2. The summed E-state index contributed by atoms with van der Waals surface area (Å²) in [5.41, 5.74) is 0.719. The predicted octanol–water partition coefficient (Wildman–Crippen LogP) is 1.56. The molecule has 0 atom stereocenters. The zero-order valence-electron chi connectivity index (χ0n) is 11.8. The van der Waals surface area contributed by atoms with E-state index in [2.05, 4.69) is 5.10 Å². The maximum absolute atomic E-state index is 12.5. The van der Waals surface area contributed by atoms with Crippen molar-refractivity contribution in [1.82, 2.24) is 14.7 Å². The van der Waals surface area contributed by atoms with Crippen LogP contribution in [-0.4, -0.2) is 44.4 Å².